The molecule has 2 amide bonds. The van der Waals surface area contributed by atoms with Gasteiger partial charge in [-0.25, -0.2) is 5.43 Å². The van der Waals surface area contributed by atoms with Crippen LogP contribution in [0.25, 0.3) is 0 Å². The number of anilines is 1. The summed E-state index contributed by atoms with van der Waals surface area (Å²) in [5.74, 6) is -0.882. The van der Waals surface area contributed by atoms with E-state index in [1.807, 2.05) is 37.3 Å². The van der Waals surface area contributed by atoms with Crippen molar-refractivity contribution in [2.24, 2.45) is 5.10 Å². The van der Waals surface area contributed by atoms with Gasteiger partial charge in [0.2, 0.25) is 0 Å². The molecule has 0 atom stereocenters. The molecular weight excluding hydrogens is 342 g/mol. The zero-order valence-corrected chi connectivity index (χ0v) is 15.7. The van der Waals surface area contributed by atoms with E-state index < -0.39 is 11.8 Å². The second-order valence-electron chi connectivity index (χ2n) is 6.14. The van der Waals surface area contributed by atoms with Crippen LogP contribution in [0.3, 0.4) is 0 Å². The summed E-state index contributed by atoms with van der Waals surface area (Å²) in [4.78, 5) is 23.7. The second-order valence-corrected chi connectivity index (χ2v) is 6.14. The molecule has 0 aliphatic heterocycles. The van der Waals surface area contributed by atoms with Crippen LogP contribution in [-0.2, 0) is 16.2 Å². The van der Waals surface area contributed by atoms with Crippen molar-refractivity contribution < 1.29 is 14.3 Å². The smallest absolute Gasteiger partial charge is 0.329 e. The second kappa shape index (κ2) is 10.8. The van der Waals surface area contributed by atoms with Gasteiger partial charge >= 0.3 is 11.8 Å². The average Bonchev–Trinajstić information content (AvgIpc) is 2.70. The minimum absolute atomic E-state index is 0.463. The Labute approximate surface area is 159 Å². The summed E-state index contributed by atoms with van der Waals surface area (Å²) in [5.41, 5.74) is 4.64. The third-order valence-electron chi connectivity index (χ3n) is 3.81. The van der Waals surface area contributed by atoms with Gasteiger partial charge in [-0.05, 0) is 49.6 Å². The maximum atomic E-state index is 11.9. The van der Waals surface area contributed by atoms with Crippen LogP contribution in [-0.4, -0.2) is 17.5 Å². The molecule has 0 saturated carbocycles. The molecule has 2 rings (SSSR count). The summed E-state index contributed by atoms with van der Waals surface area (Å²) in [5, 5.41) is 6.46. The highest BCUT2D eigenvalue weighted by molar-refractivity contribution is 6.39. The molecule has 0 aliphatic rings. The number of nitrogens with zero attached hydrogens (tertiary/aromatic N) is 1. The molecular formula is C21H25N3O3. The summed E-state index contributed by atoms with van der Waals surface area (Å²) in [6.45, 7) is 4.36. The topological polar surface area (TPSA) is 79.8 Å². The van der Waals surface area contributed by atoms with E-state index in [2.05, 4.69) is 22.8 Å². The number of carbonyl (C=O) groups excluding carboxylic acids is 2. The molecule has 0 fully saturated rings. The molecule has 6 heteroatoms. The molecule has 2 aromatic carbocycles. The van der Waals surface area contributed by atoms with Gasteiger partial charge in [0.1, 0.15) is 12.4 Å². The highest BCUT2D eigenvalue weighted by Gasteiger charge is 2.13. The Kier molecular flexibility index (Phi) is 8.03. The first-order valence-corrected chi connectivity index (χ1v) is 8.99. The van der Waals surface area contributed by atoms with Gasteiger partial charge in [-0.15, -0.1) is 0 Å². The Morgan fingerprint density at radius 3 is 2.37 bits per heavy atom. The van der Waals surface area contributed by atoms with Crippen LogP contribution >= 0.6 is 0 Å². The normalized spacial score (nSPS) is 11.0. The minimum Gasteiger partial charge on any atom is -0.489 e. The van der Waals surface area contributed by atoms with Crippen LogP contribution < -0.4 is 15.5 Å². The summed E-state index contributed by atoms with van der Waals surface area (Å²) in [7, 11) is 0. The van der Waals surface area contributed by atoms with Crippen molar-refractivity contribution in [2.75, 3.05) is 5.32 Å². The molecule has 6 nitrogen and oxygen atoms in total. The lowest BCUT2D eigenvalue weighted by atomic mass is 10.2. The standard InChI is InChI=1S/C21H25N3O3/c1-3-4-8-16(2)23-24-21(26)20(25)22-18-11-13-19(14-12-18)27-15-17-9-6-5-7-10-17/h5-7,9-14H,3-4,8,15H2,1-2H3,(H,22,25)(H,24,26)/b23-16-. The Bertz CT molecular complexity index is 771. The Balaban J connectivity index is 1.81. The third-order valence-corrected chi connectivity index (χ3v) is 3.81. The monoisotopic (exact) mass is 367 g/mol. The van der Waals surface area contributed by atoms with Crippen molar-refractivity contribution in [1.82, 2.24) is 5.43 Å². The lowest BCUT2D eigenvalue weighted by Gasteiger charge is -2.08. The highest BCUT2D eigenvalue weighted by atomic mass is 16.5. The largest absolute Gasteiger partial charge is 0.489 e. The number of carbonyl (C=O) groups is 2. The van der Waals surface area contributed by atoms with E-state index in [1.54, 1.807) is 24.3 Å². The SMILES string of the molecule is CCCC/C(C)=N\NC(=O)C(=O)Nc1ccc(OCc2ccccc2)cc1. The van der Waals surface area contributed by atoms with Crippen molar-refractivity contribution in [2.45, 2.75) is 39.7 Å². The Hall–Kier alpha value is -3.15. The van der Waals surface area contributed by atoms with Gasteiger partial charge in [-0.2, -0.15) is 5.10 Å². The zero-order chi connectivity index (χ0) is 19.5. The lowest BCUT2D eigenvalue weighted by Crippen LogP contribution is -2.32. The molecule has 0 radical (unpaired) electrons. The van der Waals surface area contributed by atoms with Crippen molar-refractivity contribution in [3.05, 3.63) is 60.2 Å². The predicted octanol–water partition coefficient (Wildman–Crippen LogP) is 3.89. The number of hydrogen-bond acceptors (Lipinski definition) is 4. The van der Waals surface area contributed by atoms with E-state index in [1.165, 1.54) is 0 Å². The van der Waals surface area contributed by atoms with Gasteiger partial charge in [-0.3, -0.25) is 9.59 Å². The van der Waals surface area contributed by atoms with Gasteiger partial charge in [0.05, 0.1) is 0 Å². The molecule has 2 N–H and O–H groups in total. The first-order valence-electron chi connectivity index (χ1n) is 8.99. The number of benzene rings is 2. The molecule has 2 aromatic rings. The molecule has 0 aliphatic carbocycles. The number of nitrogens with one attached hydrogen (secondary N) is 2. The molecule has 0 saturated heterocycles. The fraction of sp³-hybridized carbons (Fsp3) is 0.286. The van der Waals surface area contributed by atoms with Gasteiger partial charge in [0.15, 0.2) is 0 Å². The fourth-order valence-corrected chi connectivity index (χ4v) is 2.25. The summed E-state index contributed by atoms with van der Waals surface area (Å²) < 4.78 is 5.69. The van der Waals surface area contributed by atoms with Gasteiger partial charge in [-0.1, -0.05) is 43.7 Å². The van der Waals surface area contributed by atoms with Crippen molar-refractivity contribution in [3.63, 3.8) is 0 Å². The molecule has 0 unspecified atom stereocenters. The first-order chi connectivity index (χ1) is 13.1. The van der Waals surface area contributed by atoms with E-state index >= 15 is 0 Å². The Morgan fingerprint density at radius 1 is 1.00 bits per heavy atom. The summed E-state index contributed by atoms with van der Waals surface area (Å²) >= 11 is 0. The first kappa shape index (κ1) is 20.2. The molecule has 27 heavy (non-hydrogen) atoms. The number of unbranched alkanes of at least 4 members (excludes halogenated alkanes) is 1. The van der Waals surface area contributed by atoms with Crippen molar-refractivity contribution in [1.29, 1.82) is 0 Å². The van der Waals surface area contributed by atoms with Crippen LogP contribution in [0.4, 0.5) is 5.69 Å². The quantitative estimate of drug-likeness (QED) is 0.422. The number of amides is 2. The number of ether oxygens (including phenoxy) is 1. The van der Waals surface area contributed by atoms with Crippen LogP contribution in [0.15, 0.2) is 59.7 Å². The zero-order valence-electron chi connectivity index (χ0n) is 15.7. The van der Waals surface area contributed by atoms with Crippen molar-refractivity contribution >= 4 is 23.2 Å². The number of hydrazone groups is 1. The predicted molar refractivity (Wildman–Crippen MR) is 107 cm³/mol. The van der Waals surface area contributed by atoms with Gasteiger partial charge < -0.3 is 10.1 Å². The van der Waals surface area contributed by atoms with Gasteiger partial charge in [0.25, 0.3) is 0 Å². The van der Waals surface area contributed by atoms with E-state index in [4.69, 9.17) is 4.74 Å². The van der Waals surface area contributed by atoms with Crippen molar-refractivity contribution in [3.8, 4) is 5.75 Å². The van der Waals surface area contributed by atoms with Crippen LogP contribution in [0.5, 0.6) is 5.75 Å². The van der Waals surface area contributed by atoms with Crippen LogP contribution in [0, 0.1) is 0 Å². The fourth-order valence-electron chi connectivity index (χ4n) is 2.25. The molecule has 0 aromatic heterocycles. The van der Waals surface area contributed by atoms with Crippen LogP contribution in [0.1, 0.15) is 38.7 Å². The van der Waals surface area contributed by atoms with Crippen LogP contribution in [0.2, 0.25) is 0 Å². The summed E-state index contributed by atoms with van der Waals surface area (Å²) in [6, 6.07) is 16.7. The number of hydrogen-bond donors (Lipinski definition) is 2. The summed E-state index contributed by atoms with van der Waals surface area (Å²) in [6.07, 6.45) is 2.84. The average molecular weight is 367 g/mol. The van der Waals surface area contributed by atoms with Gasteiger partial charge in [0, 0.05) is 11.4 Å². The Morgan fingerprint density at radius 2 is 1.70 bits per heavy atom. The van der Waals surface area contributed by atoms with E-state index in [0.717, 1.165) is 30.5 Å². The molecule has 142 valence electrons. The van der Waals surface area contributed by atoms with E-state index in [0.29, 0.717) is 18.0 Å². The lowest BCUT2D eigenvalue weighted by molar-refractivity contribution is -0.136. The maximum Gasteiger partial charge on any atom is 0.329 e. The minimum atomic E-state index is -0.796. The number of rotatable bonds is 8. The van der Waals surface area contributed by atoms with E-state index in [9.17, 15) is 9.59 Å². The molecule has 0 bridgehead atoms. The maximum absolute atomic E-state index is 11.9. The molecule has 0 heterocycles. The van der Waals surface area contributed by atoms with E-state index in [-0.39, 0.29) is 0 Å². The highest BCUT2D eigenvalue weighted by Crippen LogP contribution is 2.17. The molecule has 0 spiro atoms. The third kappa shape index (κ3) is 7.32.